The van der Waals surface area contributed by atoms with Crippen LogP contribution in [0.3, 0.4) is 0 Å². The van der Waals surface area contributed by atoms with Gasteiger partial charge < -0.3 is 5.73 Å². The van der Waals surface area contributed by atoms with Crippen LogP contribution in [0.5, 0.6) is 0 Å². The summed E-state index contributed by atoms with van der Waals surface area (Å²) in [5.74, 6) is -0.0979. The second kappa shape index (κ2) is 6.49. The molecule has 2 rings (SSSR count). The van der Waals surface area contributed by atoms with Crippen LogP contribution in [-0.4, -0.2) is 23.5 Å². The van der Waals surface area contributed by atoms with E-state index >= 15 is 0 Å². The van der Waals surface area contributed by atoms with Gasteiger partial charge in [-0.2, -0.15) is 0 Å². The summed E-state index contributed by atoms with van der Waals surface area (Å²) in [7, 11) is 0. The van der Waals surface area contributed by atoms with Crippen molar-refractivity contribution in [2.75, 3.05) is 6.54 Å². The van der Waals surface area contributed by atoms with Crippen LogP contribution >= 0.6 is 0 Å². The summed E-state index contributed by atoms with van der Waals surface area (Å²) >= 11 is 0. The number of benzene rings is 1. The molecular weight excluding hydrogens is 239 g/mol. The number of aryl methyl sites for hydroxylation is 1. The molecule has 0 aliphatic heterocycles. The third kappa shape index (κ3) is 3.77. The monoisotopic (exact) mass is 264 g/mol. The van der Waals surface area contributed by atoms with Gasteiger partial charge in [-0.25, -0.2) is 4.39 Å². The van der Waals surface area contributed by atoms with Crippen LogP contribution in [0.1, 0.15) is 43.7 Å². The summed E-state index contributed by atoms with van der Waals surface area (Å²) in [6.45, 7) is 5.83. The fraction of sp³-hybridized carbons (Fsp3) is 0.625. The molecule has 0 atom stereocenters. The van der Waals surface area contributed by atoms with E-state index in [0.717, 1.165) is 37.1 Å². The van der Waals surface area contributed by atoms with Crippen LogP contribution in [0, 0.1) is 12.7 Å². The van der Waals surface area contributed by atoms with Crippen molar-refractivity contribution in [3.8, 4) is 0 Å². The van der Waals surface area contributed by atoms with Gasteiger partial charge in [0.05, 0.1) is 0 Å². The maximum absolute atomic E-state index is 13.6. The first-order chi connectivity index (χ1) is 9.10. The highest BCUT2D eigenvalue weighted by Gasteiger charge is 2.23. The van der Waals surface area contributed by atoms with Crippen LogP contribution in [0.15, 0.2) is 18.2 Å². The average molecular weight is 264 g/mol. The Bertz CT molecular complexity index is 411. The predicted octanol–water partition coefficient (Wildman–Crippen LogP) is 3.23. The van der Waals surface area contributed by atoms with Crippen LogP contribution < -0.4 is 5.73 Å². The Morgan fingerprint density at radius 3 is 2.53 bits per heavy atom. The van der Waals surface area contributed by atoms with Crippen molar-refractivity contribution in [3.63, 3.8) is 0 Å². The van der Waals surface area contributed by atoms with Crippen LogP contribution in [0.2, 0.25) is 0 Å². The highest BCUT2D eigenvalue weighted by Crippen LogP contribution is 2.23. The lowest BCUT2D eigenvalue weighted by atomic mass is 9.90. The van der Waals surface area contributed by atoms with Gasteiger partial charge in [-0.05, 0) is 56.3 Å². The normalized spacial score (nSPS) is 23.8. The molecule has 19 heavy (non-hydrogen) atoms. The molecule has 0 aromatic heterocycles. The first-order valence-corrected chi connectivity index (χ1v) is 7.34. The van der Waals surface area contributed by atoms with Crippen molar-refractivity contribution in [3.05, 3.63) is 35.1 Å². The highest BCUT2D eigenvalue weighted by molar-refractivity contribution is 5.23. The standard InChI is InChI=1S/C16H25FN2/c1-3-19(15-8-6-14(18)7-9-15)11-13-5-4-12(2)16(17)10-13/h4-5,10,14-15H,3,6-9,11,18H2,1-2H3. The van der Waals surface area contributed by atoms with Crippen molar-refractivity contribution < 1.29 is 4.39 Å². The topological polar surface area (TPSA) is 29.3 Å². The molecule has 1 aliphatic carbocycles. The molecule has 0 bridgehead atoms. The number of nitrogens with zero attached hydrogens (tertiary/aromatic N) is 1. The van der Waals surface area contributed by atoms with E-state index in [4.69, 9.17) is 5.73 Å². The van der Waals surface area contributed by atoms with Crippen molar-refractivity contribution in [1.82, 2.24) is 4.90 Å². The fourth-order valence-corrected chi connectivity index (χ4v) is 2.94. The Kier molecular flexibility index (Phi) is 4.94. The third-order valence-electron chi connectivity index (χ3n) is 4.29. The molecule has 0 radical (unpaired) electrons. The Morgan fingerprint density at radius 2 is 1.95 bits per heavy atom. The van der Waals surface area contributed by atoms with E-state index in [9.17, 15) is 4.39 Å². The second-order valence-electron chi connectivity index (χ2n) is 5.72. The zero-order valence-corrected chi connectivity index (χ0v) is 12.0. The van der Waals surface area contributed by atoms with Gasteiger partial charge in [-0.1, -0.05) is 19.1 Å². The number of hydrogen-bond donors (Lipinski definition) is 1. The Hall–Kier alpha value is -0.930. The van der Waals surface area contributed by atoms with E-state index in [1.807, 2.05) is 12.1 Å². The fourth-order valence-electron chi connectivity index (χ4n) is 2.94. The smallest absolute Gasteiger partial charge is 0.126 e. The first kappa shape index (κ1) is 14.5. The molecule has 0 spiro atoms. The summed E-state index contributed by atoms with van der Waals surface area (Å²) in [6.07, 6.45) is 4.57. The van der Waals surface area contributed by atoms with Crippen molar-refractivity contribution in [2.24, 2.45) is 5.73 Å². The molecule has 3 heteroatoms. The van der Waals surface area contributed by atoms with Gasteiger partial charge in [0.25, 0.3) is 0 Å². The highest BCUT2D eigenvalue weighted by atomic mass is 19.1. The summed E-state index contributed by atoms with van der Waals surface area (Å²) in [6, 6.07) is 6.57. The lowest BCUT2D eigenvalue weighted by Crippen LogP contribution is -2.40. The van der Waals surface area contributed by atoms with Gasteiger partial charge >= 0.3 is 0 Å². The van der Waals surface area contributed by atoms with E-state index in [1.165, 1.54) is 12.8 Å². The van der Waals surface area contributed by atoms with Gasteiger partial charge in [0.1, 0.15) is 5.82 Å². The second-order valence-corrected chi connectivity index (χ2v) is 5.72. The largest absolute Gasteiger partial charge is 0.328 e. The predicted molar refractivity (Wildman–Crippen MR) is 77.5 cm³/mol. The molecule has 0 heterocycles. The van der Waals surface area contributed by atoms with E-state index in [2.05, 4.69) is 11.8 Å². The summed E-state index contributed by atoms with van der Waals surface area (Å²) in [4.78, 5) is 2.45. The molecule has 2 nitrogen and oxygen atoms in total. The van der Waals surface area contributed by atoms with Gasteiger partial charge in [0.15, 0.2) is 0 Å². The molecule has 106 valence electrons. The maximum Gasteiger partial charge on any atom is 0.126 e. The SMILES string of the molecule is CCN(Cc1ccc(C)c(F)c1)C1CCC(N)CC1. The molecule has 1 saturated carbocycles. The molecule has 0 amide bonds. The summed E-state index contributed by atoms with van der Waals surface area (Å²) in [5.41, 5.74) is 7.75. The molecule has 0 unspecified atom stereocenters. The zero-order chi connectivity index (χ0) is 13.8. The molecule has 1 fully saturated rings. The minimum atomic E-state index is -0.0979. The third-order valence-corrected chi connectivity index (χ3v) is 4.29. The Labute approximate surface area is 115 Å². The van der Waals surface area contributed by atoms with Crippen LogP contribution in [-0.2, 0) is 6.54 Å². The molecule has 1 aromatic carbocycles. The minimum absolute atomic E-state index is 0.0979. The summed E-state index contributed by atoms with van der Waals surface area (Å²) in [5, 5.41) is 0. The molecule has 2 N–H and O–H groups in total. The van der Waals surface area contributed by atoms with E-state index < -0.39 is 0 Å². The van der Waals surface area contributed by atoms with Crippen LogP contribution in [0.4, 0.5) is 4.39 Å². The molecule has 1 aromatic rings. The zero-order valence-electron chi connectivity index (χ0n) is 12.0. The number of rotatable bonds is 4. The van der Waals surface area contributed by atoms with E-state index in [0.29, 0.717) is 12.1 Å². The minimum Gasteiger partial charge on any atom is -0.328 e. The summed E-state index contributed by atoms with van der Waals surface area (Å²) < 4.78 is 13.6. The first-order valence-electron chi connectivity index (χ1n) is 7.34. The number of nitrogens with two attached hydrogens (primary N) is 1. The Morgan fingerprint density at radius 1 is 1.26 bits per heavy atom. The van der Waals surface area contributed by atoms with Crippen molar-refractivity contribution in [2.45, 2.75) is 58.2 Å². The quantitative estimate of drug-likeness (QED) is 0.904. The average Bonchev–Trinajstić information content (AvgIpc) is 2.41. The van der Waals surface area contributed by atoms with Gasteiger partial charge in [0.2, 0.25) is 0 Å². The van der Waals surface area contributed by atoms with E-state index in [1.54, 1.807) is 13.0 Å². The van der Waals surface area contributed by atoms with Crippen molar-refractivity contribution >= 4 is 0 Å². The number of hydrogen-bond acceptors (Lipinski definition) is 2. The Balaban J connectivity index is 2.00. The lowest BCUT2D eigenvalue weighted by Gasteiger charge is -2.35. The van der Waals surface area contributed by atoms with Crippen LogP contribution in [0.25, 0.3) is 0 Å². The van der Waals surface area contributed by atoms with Crippen molar-refractivity contribution in [1.29, 1.82) is 0 Å². The van der Waals surface area contributed by atoms with Gasteiger partial charge in [-0.15, -0.1) is 0 Å². The van der Waals surface area contributed by atoms with Gasteiger partial charge in [0, 0.05) is 18.6 Å². The molecular formula is C16H25FN2. The van der Waals surface area contributed by atoms with Gasteiger partial charge in [-0.3, -0.25) is 4.90 Å². The van der Waals surface area contributed by atoms with E-state index in [-0.39, 0.29) is 5.82 Å². The molecule has 0 saturated heterocycles. The lowest BCUT2D eigenvalue weighted by molar-refractivity contribution is 0.149. The number of halogens is 1. The molecule has 1 aliphatic rings. The maximum atomic E-state index is 13.6.